The molecule has 6 nitrogen and oxygen atoms in total. The van der Waals surface area contributed by atoms with Crippen LogP contribution in [-0.4, -0.2) is 51.7 Å². The van der Waals surface area contributed by atoms with Gasteiger partial charge >= 0.3 is 0 Å². The van der Waals surface area contributed by atoms with Crippen LogP contribution >= 0.6 is 0 Å². The zero-order valence-electron chi connectivity index (χ0n) is 14.5. The lowest BCUT2D eigenvalue weighted by Gasteiger charge is -2.32. The van der Waals surface area contributed by atoms with Gasteiger partial charge in [0.25, 0.3) is 0 Å². The molecule has 2 N–H and O–H groups in total. The van der Waals surface area contributed by atoms with Gasteiger partial charge < -0.3 is 10.2 Å². The van der Waals surface area contributed by atoms with Crippen molar-refractivity contribution < 1.29 is 8.42 Å². The first-order chi connectivity index (χ1) is 11.5. The minimum atomic E-state index is -3.31. The van der Waals surface area contributed by atoms with Crippen molar-refractivity contribution in [3.8, 4) is 0 Å². The number of sulfonamides is 1. The predicted molar refractivity (Wildman–Crippen MR) is 98.4 cm³/mol. The summed E-state index contributed by atoms with van der Waals surface area (Å²) in [6.07, 6.45) is 2.30. The normalized spacial score (nSPS) is 17.1. The maximum absolute atomic E-state index is 12.1. The van der Waals surface area contributed by atoms with Gasteiger partial charge in [0.2, 0.25) is 10.0 Å². The molecule has 0 bridgehead atoms. The number of rotatable bonds is 6. The minimum absolute atomic E-state index is 0.0308. The third kappa shape index (κ3) is 6.13. The van der Waals surface area contributed by atoms with Gasteiger partial charge in [-0.3, -0.25) is 4.99 Å². The molecule has 1 heterocycles. The Hall–Kier alpha value is -1.60. The molecular weight excluding hydrogens is 324 g/mol. The maximum atomic E-state index is 12.1. The van der Waals surface area contributed by atoms with E-state index in [0.717, 1.165) is 43.4 Å². The van der Waals surface area contributed by atoms with Gasteiger partial charge in [0.1, 0.15) is 0 Å². The molecule has 0 saturated carbocycles. The largest absolute Gasteiger partial charge is 0.355 e. The maximum Gasteiger partial charge on any atom is 0.213 e. The Morgan fingerprint density at radius 2 is 1.92 bits per heavy atom. The van der Waals surface area contributed by atoms with Gasteiger partial charge in [-0.15, -0.1) is 0 Å². The smallest absolute Gasteiger partial charge is 0.213 e. The Balaban J connectivity index is 1.75. The quantitative estimate of drug-likeness (QED) is 0.600. The molecule has 7 heteroatoms. The van der Waals surface area contributed by atoms with E-state index in [1.165, 1.54) is 0 Å². The Labute approximate surface area is 145 Å². The van der Waals surface area contributed by atoms with Gasteiger partial charge in [-0.2, -0.15) is 0 Å². The standard InChI is InChI=1S/C17H28N4O2S/c1-15-8-11-21(12-9-15)17(18-2)19-10-13-24(22,23)20-14-16-6-4-3-5-7-16/h3-7,15,20H,8-14H2,1-2H3,(H,18,19). The second-order valence-corrected chi connectivity index (χ2v) is 8.20. The van der Waals surface area contributed by atoms with Crippen LogP contribution in [0.15, 0.2) is 35.3 Å². The van der Waals surface area contributed by atoms with Gasteiger partial charge in [-0.05, 0) is 24.3 Å². The fourth-order valence-electron chi connectivity index (χ4n) is 2.71. The van der Waals surface area contributed by atoms with E-state index in [1.54, 1.807) is 7.05 Å². The van der Waals surface area contributed by atoms with Crippen LogP contribution in [0.2, 0.25) is 0 Å². The summed E-state index contributed by atoms with van der Waals surface area (Å²) in [6, 6.07) is 9.51. The third-order valence-electron chi connectivity index (χ3n) is 4.29. The molecule has 0 spiro atoms. The fourth-order valence-corrected chi connectivity index (χ4v) is 3.61. The molecular formula is C17H28N4O2S. The summed E-state index contributed by atoms with van der Waals surface area (Å²) in [5.74, 6) is 1.57. The lowest BCUT2D eigenvalue weighted by Crippen LogP contribution is -2.46. The molecule has 134 valence electrons. The first-order valence-electron chi connectivity index (χ1n) is 8.47. The Morgan fingerprint density at radius 3 is 2.54 bits per heavy atom. The van der Waals surface area contributed by atoms with Crippen molar-refractivity contribution in [3.63, 3.8) is 0 Å². The van der Waals surface area contributed by atoms with Gasteiger partial charge in [0.05, 0.1) is 5.75 Å². The number of likely N-dealkylation sites (tertiary alicyclic amines) is 1. The topological polar surface area (TPSA) is 73.8 Å². The summed E-state index contributed by atoms with van der Waals surface area (Å²) >= 11 is 0. The van der Waals surface area contributed by atoms with Crippen molar-refractivity contribution in [2.75, 3.05) is 32.4 Å². The van der Waals surface area contributed by atoms with E-state index in [9.17, 15) is 8.42 Å². The number of hydrogen-bond donors (Lipinski definition) is 2. The Kier molecular flexibility index (Phi) is 7.05. The molecule has 0 radical (unpaired) electrons. The summed E-state index contributed by atoms with van der Waals surface area (Å²) in [6.45, 7) is 4.88. The number of aliphatic imine (C=N–C) groups is 1. The molecule has 0 aliphatic carbocycles. The summed E-state index contributed by atoms with van der Waals surface area (Å²) < 4.78 is 26.8. The highest BCUT2D eigenvalue weighted by Gasteiger charge is 2.19. The zero-order chi connectivity index (χ0) is 17.4. The predicted octanol–water partition coefficient (Wildman–Crippen LogP) is 1.41. The van der Waals surface area contributed by atoms with Crippen LogP contribution in [-0.2, 0) is 16.6 Å². The second-order valence-electron chi connectivity index (χ2n) is 6.27. The van der Waals surface area contributed by atoms with Crippen molar-refractivity contribution >= 4 is 16.0 Å². The fraction of sp³-hybridized carbons (Fsp3) is 0.588. The summed E-state index contributed by atoms with van der Waals surface area (Å²) in [5.41, 5.74) is 0.951. The summed E-state index contributed by atoms with van der Waals surface area (Å²) in [4.78, 5) is 6.46. The van der Waals surface area contributed by atoms with Crippen molar-refractivity contribution in [3.05, 3.63) is 35.9 Å². The number of hydrogen-bond acceptors (Lipinski definition) is 3. The first-order valence-corrected chi connectivity index (χ1v) is 10.1. The van der Waals surface area contributed by atoms with Crippen molar-refractivity contribution in [2.45, 2.75) is 26.3 Å². The van der Waals surface area contributed by atoms with E-state index in [2.05, 4.69) is 26.9 Å². The average Bonchev–Trinajstić information content (AvgIpc) is 2.59. The Bertz CT molecular complexity index is 623. The lowest BCUT2D eigenvalue weighted by atomic mass is 10.00. The highest BCUT2D eigenvalue weighted by atomic mass is 32.2. The molecule has 1 saturated heterocycles. The van der Waals surface area contributed by atoms with Crippen molar-refractivity contribution in [2.24, 2.45) is 10.9 Å². The molecule has 0 atom stereocenters. The van der Waals surface area contributed by atoms with Gasteiger partial charge in [-0.25, -0.2) is 13.1 Å². The van der Waals surface area contributed by atoms with Crippen molar-refractivity contribution in [1.29, 1.82) is 0 Å². The second kappa shape index (κ2) is 9.03. The van der Waals surface area contributed by atoms with Crippen molar-refractivity contribution in [1.82, 2.24) is 14.9 Å². The van der Waals surface area contributed by atoms with E-state index >= 15 is 0 Å². The molecule has 1 aliphatic rings. The van der Waals surface area contributed by atoms with Gasteiger partial charge in [-0.1, -0.05) is 37.3 Å². The van der Waals surface area contributed by atoms with E-state index < -0.39 is 10.0 Å². The number of guanidine groups is 1. The highest BCUT2D eigenvalue weighted by Crippen LogP contribution is 2.15. The first kappa shape index (κ1) is 18.7. The zero-order valence-corrected chi connectivity index (χ0v) is 15.3. The van der Waals surface area contributed by atoms with E-state index in [4.69, 9.17) is 0 Å². The van der Waals surface area contributed by atoms with Crippen LogP contribution in [0, 0.1) is 5.92 Å². The molecule has 2 rings (SSSR count). The highest BCUT2D eigenvalue weighted by molar-refractivity contribution is 7.89. The van der Waals surface area contributed by atoms with Crippen LogP contribution in [0.5, 0.6) is 0 Å². The van der Waals surface area contributed by atoms with Gasteiger partial charge in [0, 0.05) is 33.2 Å². The van der Waals surface area contributed by atoms with Crippen LogP contribution in [0.1, 0.15) is 25.3 Å². The van der Waals surface area contributed by atoms with Crippen LogP contribution in [0.4, 0.5) is 0 Å². The van der Waals surface area contributed by atoms with E-state index in [1.807, 2.05) is 30.3 Å². The molecule has 0 unspecified atom stereocenters. The molecule has 0 amide bonds. The number of piperidine rings is 1. The lowest BCUT2D eigenvalue weighted by molar-refractivity contribution is 0.274. The van der Waals surface area contributed by atoms with E-state index in [0.29, 0.717) is 13.1 Å². The molecule has 1 aromatic carbocycles. The molecule has 1 fully saturated rings. The van der Waals surface area contributed by atoms with Crippen LogP contribution < -0.4 is 10.0 Å². The molecule has 0 aromatic heterocycles. The summed E-state index contributed by atoms with van der Waals surface area (Å²) in [7, 11) is -1.57. The average molecular weight is 353 g/mol. The molecule has 1 aliphatic heterocycles. The van der Waals surface area contributed by atoms with Crippen LogP contribution in [0.25, 0.3) is 0 Å². The monoisotopic (exact) mass is 352 g/mol. The minimum Gasteiger partial charge on any atom is -0.355 e. The van der Waals surface area contributed by atoms with E-state index in [-0.39, 0.29) is 5.75 Å². The Morgan fingerprint density at radius 1 is 1.25 bits per heavy atom. The number of nitrogens with zero attached hydrogens (tertiary/aromatic N) is 2. The van der Waals surface area contributed by atoms with Gasteiger partial charge in [0.15, 0.2) is 5.96 Å². The number of nitrogens with one attached hydrogen (secondary N) is 2. The summed E-state index contributed by atoms with van der Waals surface area (Å²) in [5, 5.41) is 3.17. The SMILES string of the molecule is CN=C(NCCS(=O)(=O)NCc1ccccc1)N1CCC(C)CC1. The number of benzene rings is 1. The van der Waals surface area contributed by atoms with Crippen LogP contribution in [0.3, 0.4) is 0 Å². The third-order valence-corrected chi connectivity index (χ3v) is 5.61. The molecule has 1 aromatic rings. The molecule has 24 heavy (non-hydrogen) atoms.